The SMILES string of the molecule is Cn1ccnc1[C@@H]1N(C(=O)c2cccc3c2CCC3=O)CC[C@]12C(=O)Nc1ccccc12. The van der Waals surface area contributed by atoms with Gasteiger partial charge in [0, 0.05) is 49.2 Å². The lowest BCUT2D eigenvalue weighted by Crippen LogP contribution is -2.44. The zero-order valence-corrected chi connectivity index (χ0v) is 17.7. The number of aryl methyl sites for hydroxylation is 1. The maximum absolute atomic E-state index is 13.9. The van der Waals surface area contributed by atoms with E-state index in [9.17, 15) is 14.4 Å². The van der Waals surface area contributed by atoms with Gasteiger partial charge >= 0.3 is 0 Å². The molecule has 7 heteroatoms. The Balaban J connectivity index is 1.52. The standard InChI is InChI=1S/C25H22N4O3/c1-28-14-12-26-22(28)21-25(18-7-2-3-8-19(18)27-24(25)32)11-13-29(21)23(31)17-6-4-5-16-15(17)9-10-20(16)30/h2-8,12,14,21H,9-11,13H2,1H3,(H,27,32)/t21-,25+/m0/s1. The molecule has 160 valence electrons. The van der Waals surface area contributed by atoms with Crippen LogP contribution in [0.5, 0.6) is 0 Å². The Morgan fingerprint density at radius 2 is 1.97 bits per heavy atom. The first kappa shape index (κ1) is 19.0. The van der Waals surface area contributed by atoms with E-state index in [1.54, 1.807) is 29.3 Å². The number of nitrogens with zero attached hydrogens (tertiary/aromatic N) is 3. The van der Waals surface area contributed by atoms with Crippen LogP contribution in [-0.4, -0.2) is 38.6 Å². The number of nitrogens with one attached hydrogen (secondary N) is 1. The Morgan fingerprint density at radius 1 is 1.12 bits per heavy atom. The number of rotatable bonds is 2. The van der Waals surface area contributed by atoms with Crippen LogP contribution >= 0.6 is 0 Å². The molecular weight excluding hydrogens is 404 g/mol. The van der Waals surface area contributed by atoms with Crippen LogP contribution in [0.2, 0.25) is 0 Å². The summed E-state index contributed by atoms with van der Waals surface area (Å²) in [6.07, 6.45) is 5.05. The molecule has 1 aromatic heterocycles. The molecule has 6 rings (SSSR count). The number of fused-ring (bicyclic) bond motifs is 3. The number of anilines is 1. The van der Waals surface area contributed by atoms with Crippen LogP contribution in [-0.2, 0) is 23.7 Å². The Bertz CT molecular complexity index is 1310. The zero-order chi connectivity index (χ0) is 22.0. The molecule has 2 aliphatic heterocycles. The van der Waals surface area contributed by atoms with Gasteiger partial charge < -0.3 is 14.8 Å². The molecule has 1 spiro atoms. The van der Waals surface area contributed by atoms with E-state index < -0.39 is 11.5 Å². The van der Waals surface area contributed by atoms with Gasteiger partial charge in [-0.15, -0.1) is 0 Å². The van der Waals surface area contributed by atoms with Gasteiger partial charge in [0.15, 0.2) is 5.78 Å². The van der Waals surface area contributed by atoms with E-state index >= 15 is 0 Å². The van der Waals surface area contributed by atoms with E-state index in [4.69, 9.17) is 0 Å². The number of carbonyl (C=O) groups is 3. The molecule has 0 unspecified atom stereocenters. The van der Waals surface area contributed by atoms with Crippen molar-refractivity contribution in [1.29, 1.82) is 0 Å². The Hall–Kier alpha value is -3.74. The minimum atomic E-state index is -0.904. The summed E-state index contributed by atoms with van der Waals surface area (Å²) in [6.45, 7) is 0.426. The van der Waals surface area contributed by atoms with Crippen molar-refractivity contribution in [2.75, 3.05) is 11.9 Å². The monoisotopic (exact) mass is 426 g/mol. The Morgan fingerprint density at radius 3 is 2.78 bits per heavy atom. The van der Waals surface area contributed by atoms with Crippen LogP contribution in [0.15, 0.2) is 54.9 Å². The summed E-state index contributed by atoms with van der Waals surface area (Å²) in [5, 5.41) is 3.03. The van der Waals surface area contributed by atoms with Crippen molar-refractivity contribution in [3.05, 3.63) is 82.9 Å². The molecule has 1 aliphatic carbocycles. The third-order valence-electron chi connectivity index (χ3n) is 7.26. The molecule has 1 N–H and O–H groups in total. The first-order valence-electron chi connectivity index (χ1n) is 10.9. The summed E-state index contributed by atoms with van der Waals surface area (Å²) in [6, 6.07) is 12.5. The van der Waals surface area contributed by atoms with Gasteiger partial charge in [-0.2, -0.15) is 0 Å². The van der Waals surface area contributed by atoms with E-state index in [0.29, 0.717) is 42.8 Å². The average Bonchev–Trinajstić information content (AvgIpc) is 3.55. The van der Waals surface area contributed by atoms with Gasteiger partial charge in [-0.3, -0.25) is 14.4 Å². The van der Waals surface area contributed by atoms with Gasteiger partial charge in [0.05, 0.1) is 0 Å². The molecule has 2 atom stereocenters. The third-order valence-corrected chi connectivity index (χ3v) is 7.26. The van der Waals surface area contributed by atoms with Crippen LogP contribution in [0.1, 0.15) is 56.6 Å². The summed E-state index contributed by atoms with van der Waals surface area (Å²) in [7, 11) is 1.88. The number of likely N-dealkylation sites (tertiary alicyclic amines) is 1. The molecule has 2 amide bonds. The molecule has 3 aromatic rings. The fourth-order valence-electron chi connectivity index (χ4n) is 5.75. The van der Waals surface area contributed by atoms with E-state index in [1.165, 1.54) is 0 Å². The van der Waals surface area contributed by atoms with Gasteiger partial charge in [0.2, 0.25) is 5.91 Å². The molecule has 3 aliphatic rings. The van der Waals surface area contributed by atoms with Crippen molar-refractivity contribution in [3.8, 4) is 0 Å². The number of benzene rings is 2. The fourth-order valence-corrected chi connectivity index (χ4v) is 5.75. The molecule has 0 radical (unpaired) electrons. The second-order valence-electron chi connectivity index (χ2n) is 8.77. The molecule has 32 heavy (non-hydrogen) atoms. The zero-order valence-electron chi connectivity index (χ0n) is 17.7. The number of hydrogen-bond acceptors (Lipinski definition) is 4. The highest BCUT2D eigenvalue weighted by molar-refractivity contribution is 6.09. The van der Waals surface area contributed by atoms with Crippen LogP contribution in [0, 0.1) is 0 Å². The van der Waals surface area contributed by atoms with Gasteiger partial charge in [-0.05, 0) is 36.1 Å². The van der Waals surface area contributed by atoms with Crippen LogP contribution in [0.3, 0.4) is 0 Å². The quantitative estimate of drug-likeness (QED) is 0.683. The van der Waals surface area contributed by atoms with Crippen molar-refractivity contribution in [1.82, 2.24) is 14.5 Å². The predicted molar refractivity (Wildman–Crippen MR) is 117 cm³/mol. The number of Topliss-reactive ketones (excluding diaryl/α,β-unsaturated/α-hetero) is 1. The van der Waals surface area contributed by atoms with Crippen molar-refractivity contribution in [2.24, 2.45) is 7.05 Å². The van der Waals surface area contributed by atoms with Crippen LogP contribution < -0.4 is 5.32 Å². The number of ketones is 1. The summed E-state index contributed by atoms with van der Waals surface area (Å²) in [5.41, 5.74) is 2.80. The lowest BCUT2D eigenvalue weighted by molar-refractivity contribution is -0.121. The van der Waals surface area contributed by atoms with Crippen molar-refractivity contribution < 1.29 is 14.4 Å². The molecule has 3 heterocycles. The molecular formula is C25H22N4O3. The van der Waals surface area contributed by atoms with E-state index in [1.807, 2.05) is 42.1 Å². The largest absolute Gasteiger partial charge is 0.336 e. The first-order valence-corrected chi connectivity index (χ1v) is 10.9. The average molecular weight is 426 g/mol. The second kappa shape index (κ2) is 6.63. The maximum Gasteiger partial charge on any atom is 0.254 e. The number of hydrogen-bond donors (Lipinski definition) is 1. The Kier molecular flexibility index (Phi) is 3.93. The van der Waals surface area contributed by atoms with E-state index in [0.717, 1.165) is 16.8 Å². The highest BCUT2D eigenvalue weighted by Gasteiger charge is 2.60. The molecule has 7 nitrogen and oxygen atoms in total. The van der Waals surface area contributed by atoms with Gasteiger partial charge in [0.25, 0.3) is 5.91 Å². The smallest absolute Gasteiger partial charge is 0.254 e. The number of aromatic nitrogens is 2. The summed E-state index contributed by atoms with van der Waals surface area (Å²) < 4.78 is 1.88. The number of para-hydroxylation sites is 1. The molecule has 0 bridgehead atoms. The van der Waals surface area contributed by atoms with Crippen LogP contribution in [0.25, 0.3) is 0 Å². The Labute approximate surface area is 185 Å². The highest BCUT2D eigenvalue weighted by Crippen LogP contribution is 2.54. The number of carbonyl (C=O) groups excluding carboxylic acids is 3. The van der Waals surface area contributed by atoms with E-state index in [2.05, 4.69) is 10.3 Å². The van der Waals surface area contributed by atoms with Gasteiger partial charge in [-0.1, -0.05) is 30.3 Å². The summed E-state index contributed by atoms with van der Waals surface area (Å²) in [5.74, 6) is 0.498. The fraction of sp³-hybridized carbons (Fsp3) is 0.280. The molecule has 1 saturated heterocycles. The van der Waals surface area contributed by atoms with E-state index in [-0.39, 0.29) is 17.6 Å². The highest BCUT2D eigenvalue weighted by atomic mass is 16.2. The van der Waals surface area contributed by atoms with Gasteiger partial charge in [-0.25, -0.2) is 4.98 Å². The minimum absolute atomic E-state index is 0.0808. The molecule has 0 saturated carbocycles. The lowest BCUT2D eigenvalue weighted by atomic mass is 9.74. The summed E-state index contributed by atoms with van der Waals surface area (Å²) >= 11 is 0. The minimum Gasteiger partial charge on any atom is -0.336 e. The van der Waals surface area contributed by atoms with Gasteiger partial charge in [0.1, 0.15) is 17.3 Å². The maximum atomic E-state index is 13.9. The predicted octanol–water partition coefficient (Wildman–Crippen LogP) is 3.03. The topological polar surface area (TPSA) is 84.3 Å². The molecule has 2 aromatic carbocycles. The van der Waals surface area contributed by atoms with Crippen molar-refractivity contribution >= 4 is 23.3 Å². The second-order valence-corrected chi connectivity index (χ2v) is 8.77. The van der Waals surface area contributed by atoms with Crippen molar-refractivity contribution in [2.45, 2.75) is 30.7 Å². The lowest BCUT2D eigenvalue weighted by Gasteiger charge is -2.33. The summed E-state index contributed by atoms with van der Waals surface area (Å²) in [4.78, 5) is 46.0. The molecule has 1 fully saturated rings. The van der Waals surface area contributed by atoms with Crippen molar-refractivity contribution in [3.63, 3.8) is 0 Å². The normalized spacial score (nSPS) is 23.5. The third kappa shape index (κ3) is 2.36. The van der Waals surface area contributed by atoms with Crippen LogP contribution in [0.4, 0.5) is 5.69 Å². The number of amides is 2. The number of imidazole rings is 1. The first-order chi connectivity index (χ1) is 15.5.